The second kappa shape index (κ2) is 7.84. The van der Waals surface area contributed by atoms with E-state index in [-0.39, 0.29) is 16.4 Å². The minimum Gasteiger partial charge on any atom is -0.334 e. The summed E-state index contributed by atoms with van der Waals surface area (Å²) in [5, 5.41) is 0. The third-order valence-electron chi connectivity index (χ3n) is 10.3. The molecule has 1 heteroatoms. The minimum atomic E-state index is 0.0224. The first-order valence-electron chi connectivity index (χ1n) is 14.1. The highest BCUT2D eigenvalue weighted by Gasteiger charge is 2.56. The van der Waals surface area contributed by atoms with Crippen LogP contribution in [0.5, 0.6) is 0 Å². The van der Waals surface area contributed by atoms with Crippen LogP contribution in [0.25, 0.3) is 22.3 Å². The van der Waals surface area contributed by atoms with Crippen molar-refractivity contribution in [2.24, 2.45) is 0 Å². The summed E-state index contributed by atoms with van der Waals surface area (Å²) in [6.07, 6.45) is 6.42. The summed E-state index contributed by atoms with van der Waals surface area (Å²) in [6.45, 7) is 9.83. The van der Waals surface area contributed by atoms with E-state index in [1.807, 2.05) is 0 Å². The Morgan fingerprint density at radius 2 is 1.22 bits per heavy atom. The predicted molar refractivity (Wildman–Crippen MR) is 157 cm³/mol. The molecule has 7 rings (SSSR count). The lowest BCUT2D eigenvalue weighted by Crippen LogP contribution is -2.52. The Kier molecular flexibility index (Phi) is 4.84. The van der Waals surface area contributed by atoms with Gasteiger partial charge in [0.15, 0.2) is 0 Å². The van der Waals surface area contributed by atoms with Crippen LogP contribution in [0.15, 0.2) is 91.0 Å². The fraction of sp³-hybridized carbons (Fsp3) is 0.333. The van der Waals surface area contributed by atoms with Crippen molar-refractivity contribution in [1.29, 1.82) is 0 Å². The minimum absolute atomic E-state index is 0.0224. The molecule has 186 valence electrons. The van der Waals surface area contributed by atoms with Gasteiger partial charge in [-0.3, -0.25) is 0 Å². The molecule has 37 heavy (non-hydrogen) atoms. The molecule has 0 saturated heterocycles. The monoisotopic (exact) mass is 483 g/mol. The lowest BCUT2D eigenvalue weighted by molar-refractivity contribution is 0.261. The molecule has 2 unspecified atom stereocenters. The first kappa shape index (κ1) is 22.8. The molecule has 0 bridgehead atoms. The van der Waals surface area contributed by atoms with Crippen LogP contribution in [0.3, 0.4) is 0 Å². The van der Waals surface area contributed by atoms with Crippen LogP contribution in [0, 0.1) is 0 Å². The first-order valence-corrected chi connectivity index (χ1v) is 14.1. The van der Waals surface area contributed by atoms with E-state index in [0.717, 1.165) is 0 Å². The Morgan fingerprint density at radius 1 is 0.568 bits per heavy atom. The summed E-state index contributed by atoms with van der Waals surface area (Å²) in [4.78, 5) is 2.68. The van der Waals surface area contributed by atoms with Gasteiger partial charge in [-0.05, 0) is 89.0 Å². The van der Waals surface area contributed by atoms with E-state index in [2.05, 4.69) is 124 Å². The maximum Gasteiger partial charge on any atom is 0.0517 e. The summed E-state index contributed by atoms with van der Waals surface area (Å²) < 4.78 is 0. The van der Waals surface area contributed by atoms with E-state index in [1.165, 1.54) is 82.4 Å². The largest absolute Gasteiger partial charge is 0.334 e. The number of hydrogen-bond donors (Lipinski definition) is 0. The zero-order valence-electron chi connectivity index (χ0n) is 22.6. The predicted octanol–water partition coefficient (Wildman–Crippen LogP) is 9.79. The van der Waals surface area contributed by atoms with Crippen LogP contribution in [-0.2, 0) is 10.8 Å². The van der Waals surface area contributed by atoms with Crippen LogP contribution in [0.4, 0.5) is 11.4 Å². The van der Waals surface area contributed by atoms with E-state index >= 15 is 0 Å². The molecule has 0 amide bonds. The van der Waals surface area contributed by atoms with Gasteiger partial charge in [0.1, 0.15) is 0 Å². The Bertz CT molecular complexity index is 1510. The molecule has 2 aliphatic carbocycles. The molecule has 1 fully saturated rings. The van der Waals surface area contributed by atoms with Gasteiger partial charge in [0.2, 0.25) is 0 Å². The normalized spacial score (nSPS) is 25.1. The lowest BCUT2D eigenvalue weighted by Gasteiger charge is -2.46. The average Bonchev–Trinajstić information content (AvgIpc) is 3.17. The zero-order chi connectivity index (χ0) is 25.4. The smallest absolute Gasteiger partial charge is 0.0517 e. The van der Waals surface area contributed by atoms with E-state index in [1.54, 1.807) is 0 Å². The van der Waals surface area contributed by atoms with Crippen molar-refractivity contribution in [1.82, 2.24) is 0 Å². The van der Waals surface area contributed by atoms with Crippen molar-refractivity contribution in [3.8, 4) is 22.3 Å². The van der Waals surface area contributed by atoms with Gasteiger partial charge in [-0.15, -0.1) is 0 Å². The first-order chi connectivity index (χ1) is 17.8. The van der Waals surface area contributed by atoms with Crippen molar-refractivity contribution in [3.05, 3.63) is 108 Å². The molecule has 2 atom stereocenters. The summed E-state index contributed by atoms with van der Waals surface area (Å²) in [5.74, 6) is 0. The van der Waals surface area contributed by atoms with E-state index in [9.17, 15) is 0 Å². The topological polar surface area (TPSA) is 3.24 Å². The molecule has 4 aromatic carbocycles. The number of anilines is 2. The number of nitrogens with zero attached hydrogens (tertiary/aromatic N) is 1. The number of fused-ring (bicyclic) bond motifs is 6. The van der Waals surface area contributed by atoms with E-state index < -0.39 is 0 Å². The summed E-state index contributed by atoms with van der Waals surface area (Å²) in [7, 11) is 0. The maximum atomic E-state index is 2.68. The quantitative estimate of drug-likeness (QED) is 0.274. The zero-order valence-corrected chi connectivity index (χ0v) is 22.6. The van der Waals surface area contributed by atoms with Crippen molar-refractivity contribution in [3.63, 3.8) is 0 Å². The molecule has 1 saturated carbocycles. The van der Waals surface area contributed by atoms with Gasteiger partial charge < -0.3 is 4.90 Å². The number of benzene rings is 4. The summed E-state index contributed by atoms with van der Waals surface area (Å²) in [6, 6.07) is 34.5. The molecule has 1 nitrogen and oxygen atoms in total. The lowest BCUT2D eigenvalue weighted by atomic mass is 9.66. The maximum absolute atomic E-state index is 2.68. The number of para-hydroxylation sites is 1. The van der Waals surface area contributed by atoms with Gasteiger partial charge in [-0.25, -0.2) is 0 Å². The Hall–Kier alpha value is -3.32. The fourth-order valence-corrected chi connectivity index (χ4v) is 7.96. The van der Waals surface area contributed by atoms with Crippen molar-refractivity contribution >= 4 is 11.4 Å². The second-order valence-electron chi connectivity index (χ2n) is 12.5. The van der Waals surface area contributed by atoms with Crippen LogP contribution in [-0.4, -0.2) is 5.54 Å². The van der Waals surface area contributed by atoms with Crippen molar-refractivity contribution in [2.75, 3.05) is 4.90 Å². The van der Waals surface area contributed by atoms with Crippen LogP contribution in [0.1, 0.15) is 76.5 Å². The molecule has 0 aromatic heterocycles. The highest BCUT2D eigenvalue weighted by molar-refractivity contribution is 5.85. The molecular weight excluding hydrogens is 446 g/mol. The molecule has 1 aliphatic heterocycles. The molecule has 0 spiro atoms. The molecule has 0 N–H and O–H groups in total. The number of hydrogen-bond acceptors (Lipinski definition) is 1. The SMILES string of the molecule is CC1(C)c2ccccc2-c2ccc(-c3ccc4c(c3)C3(C)CCCCCC3(C)N4c3ccccc3)cc21. The van der Waals surface area contributed by atoms with Crippen LogP contribution in [0.2, 0.25) is 0 Å². The second-order valence-corrected chi connectivity index (χ2v) is 12.5. The third-order valence-corrected chi connectivity index (χ3v) is 10.3. The molecular formula is C36H37N. The standard InChI is InChI=1S/C36H37N/c1-34(2)30-16-10-9-15-28(30)29-19-17-25(23-31(29)34)26-18-20-33-32(24-26)35(3)21-11-6-12-22-36(35,4)37(33)27-13-7-5-8-14-27/h5,7-10,13-20,23-24H,6,11-12,21-22H2,1-4H3. The molecule has 4 aromatic rings. The molecule has 3 aliphatic rings. The summed E-state index contributed by atoms with van der Waals surface area (Å²) >= 11 is 0. The van der Waals surface area contributed by atoms with Gasteiger partial charge in [0, 0.05) is 22.2 Å². The summed E-state index contributed by atoms with van der Waals surface area (Å²) in [5.41, 5.74) is 12.8. The van der Waals surface area contributed by atoms with Gasteiger partial charge >= 0.3 is 0 Å². The Balaban J connectivity index is 1.39. The van der Waals surface area contributed by atoms with Crippen LogP contribution < -0.4 is 4.90 Å². The van der Waals surface area contributed by atoms with Gasteiger partial charge in [-0.2, -0.15) is 0 Å². The van der Waals surface area contributed by atoms with Gasteiger partial charge in [0.25, 0.3) is 0 Å². The molecule has 0 radical (unpaired) electrons. The van der Waals surface area contributed by atoms with E-state index in [0.29, 0.717) is 0 Å². The van der Waals surface area contributed by atoms with Crippen molar-refractivity contribution < 1.29 is 0 Å². The van der Waals surface area contributed by atoms with E-state index in [4.69, 9.17) is 0 Å². The highest BCUT2D eigenvalue weighted by Crippen LogP contribution is 2.60. The van der Waals surface area contributed by atoms with Crippen LogP contribution >= 0.6 is 0 Å². The van der Waals surface area contributed by atoms with Crippen molar-refractivity contribution in [2.45, 2.75) is 76.2 Å². The third kappa shape index (κ3) is 3.03. The van der Waals surface area contributed by atoms with Gasteiger partial charge in [-0.1, -0.05) is 101 Å². The Morgan fingerprint density at radius 3 is 2.03 bits per heavy atom. The van der Waals surface area contributed by atoms with Gasteiger partial charge in [0.05, 0.1) is 5.54 Å². The molecule has 1 heterocycles. The highest BCUT2D eigenvalue weighted by atomic mass is 15.2. The Labute approximate surface area is 222 Å². The number of rotatable bonds is 2. The fourth-order valence-electron chi connectivity index (χ4n) is 7.96. The average molecular weight is 484 g/mol.